The number of amides is 1. The zero-order valence-corrected chi connectivity index (χ0v) is 14.5. The third-order valence-electron chi connectivity index (χ3n) is 4.75. The summed E-state index contributed by atoms with van der Waals surface area (Å²) in [6, 6.07) is 5.37. The maximum atomic E-state index is 12.9. The molecule has 0 atom stereocenters. The molecule has 26 heavy (non-hydrogen) atoms. The number of nitrogens with zero attached hydrogens (tertiary/aromatic N) is 3. The number of Topliss-reactive ketones (excluding diaryl/α,β-unsaturated/α-hetero) is 1. The monoisotopic (exact) mass is 360 g/mol. The van der Waals surface area contributed by atoms with E-state index in [-0.39, 0.29) is 43.1 Å². The summed E-state index contributed by atoms with van der Waals surface area (Å²) in [5.74, 6) is 0.796. The van der Waals surface area contributed by atoms with Gasteiger partial charge in [0.1, 0.15) is 18.2 Å². The van der Waals surface area contributed by atoms with Crippen molar-refractivity contribution in [2.24, 2.45) is 7.05 Å². The Labute approximate surface area is 150 Å². The van der Waals surface area contributed by atoms with E-state index in [1.165, 1.54) is 24.3 Å². The van der Waals surface area contributed by atoms with E-state index in [4.69, 9.17) is 5.11 Å². The van der Waals surface area contributed by atoms with Crippen molar-refractivity contribution >= 4 is 11.7 Å². The van der Waals surface area contributed by atoms with Gasteiger partial charge in [-0.2, -0.15) is 0 Å². The molecule has 1 saturated carbocycles. The van der Waals surface area contributed by atoms with Crippen molar-refractivity contribution in [2.45, 2.75) is 44.2 Å². The van der Waals surface area contributed by atoms with Gasteiger partial charge in [-0.15, -0.1) is 10.2 Å². The molecule has 0 aliphatic heterocycles. The first-order valence-corrected chi connectivity index (χ1v) is 8.55. The fraction of sp³-hybridized carbons (Fsp3) is 0.444. The smallest absolute Gasteiger partial charge is 0.220 e. The van der Waals surface area contributed by atoms with Crippen LogP contribution in [0.1, 0.15) is 53.6 Å². The van der Waals surface area contributed by atoms with Gasteiger partial charge in [-0.05, 0) is 37.1 Å². The van der Waals surface area contributed by atoms with Crippen LogP contribution in [-0.2, 0) is 18.4 Å². The Balaban J connectivity index is 1.41. The lowest BCUT2D eigenvalue weighted by Crippen LogP contribution is -2.44. The second-order valence-electron chi connectivity index (χ2n) is 6.55. The maximum absolute atomic E-state index is 12.9. The van der Waals surface area contributed by atoms with Crippen LogP contribution in [-0.4, -0.2) is 37.6 Å². The minimum absolute atomic E-state index is 0.0581. The Morgan fingerprint density at radius 2 is 1.92 bits per heavy atom. The van der Waals surface area contributed by atoms with Crippen LogP contribution in [0, 0.1) is 5.82 Å². The molecular formula is C18H21FN4O3. The molecule has 0 radical (unpaired) electrons. The number of carbonyl (C=O) groups excluding carboxylic acids is 2. The summed E-state index contributed by atoms with van der Waals surface area (Å²) in [6.45, 7) is -0.154. The zero-order valence-electron chi connectivity index (χ0n) is 14.5. The number of halogens is 1. The molecule has 1 aliphatic rings. The minimum atomic E-state index is -0.396. The standard InChI is InChI=1S/C18H21FN4O3/c1-23-16(10-24)21-22-18(23)12-8-14(9-12)20-17(26)7-6-15(25)11-2-4-13(19)5-3-11/h2-5,12,14,24H,6-10H2,1H3,(H,20,26). The van der Waals surface area contributed by atoms with Gasteiger partial charge in [0, 0.05) is 37.4 Å². The summed E-state index contributed by atoms with van der Waals surface area (Å²) < 4.78 is 14.6. The normalized spacial score (nSPS) is 19.0. The molecule has 1 aromatic heterocycles. The van der Waals surface area contributed by atoms with E-state index < -0.39 is 5.82 Å². The molecule has 7 nitrogen and oxygen atoms in total. The van der Waals surface area contributed by atoms with Crippen molar-refractivity contribution in [2.75, 3.05) is 0 Å². The number of aliphatic hydroxyl groups excluding tert-OH is 1. The number of carbonyl (C=O) groups is 2. The minimum Gasteiger partial charge on any atom is -0.388 e. The lowest BCUT2D eigenvalue weighted by Gasteiger charge is -2.35. The number of nitrogens with one attached hydrogen (secondary N) is 1. The summed E-state index contributed by atoms with van der Waals surface area (Å²) in [7, 11) is 1.81. The van der Waals surface area contributed by atoms with Crippen molar-refractivity contribution in [3.8, 4) is 0 Å². The number of aliphatic hydroxyl groups is 1. The first-order chi connectivity index (χ1) is 12.5. The summed E-state index contributed by atoms with van der Waals surface area (Å²) >= 11 is 0. The fourth-order valence-electron chi connectivity index (χ4n) is 3.12. The number of aromatic nitrogens is 3. The highest BCUT2D eigenvalue weighted by atomic mass is 19.1. The molecular weight excluding hydrogens is 339 g/mol. The lowest BCUT2D eigenvalue weighted by molar-refractivity contribution is -0.122. The van der Waals surface area contributed by atoms with Crippen LogP contribution in [0.3, 0.4) is 0 Å². The Kier molecular flexibility index (Phi) is 5.41. The predicted molar refractivity (Wildman–Crippen MR) is 90.8 cm³/mol. The highest BCUT2D eigenvalue weighted by molar-refractivity contribution is 5.97. The molecule has 0 unspecified atom stereocenters. The van der Waals surface area contributed by atoms with E-state index in [1.807, 2.05) is 7.05 Å². The van der Waals surface area contributed by atoms with E-state index in [1.54, 1.807) is 4.57 Å². The van der Waals surface area contributed by atoms with Gasteiger partial charge in [-0.3, -0.25) is 9.59 Å². The number of hydrogen-bond donors (Lipinski definition) is 2. The molecule has 2 aromatic rings. The number of hydrogen-bond acceptors (Lipinski definition) is 5. The van der Waals surface area contributed by atoms with Gasteiger partial charge in [-0.25, -0.2) is 4.39 Å². The quantitative estimate of drug-likeness (QED) is 0.729. The molecule has 138 valence electrons. The molecule has 2 N–H and O–H groups in total. The van der Waals surface area contributed by atoms with Gasteiger partial charge in [0.15, 0.2) is 11.6 Å². The number of benzene rings is 1. The Hall–Kier alpha value is -2.61. The van der Waals surface area contributed by atoms with Gasteiger partial charge in [0.2, 0.25) is 5.91 Å². The largest absolute Gasteiger partial charge is 0.388 e. The number of ketones is 1. The van der Waals surface area contributed by atoms with Crippen LogP contribution in [0.15, 0.2) is 24.3 Å². The van der Waals surface area contributed by atoms with Gasteiger partial charge < -0.3 is 15.0 Å². The Bertz CT molecular complexity index is 797. The van der Waals surface area contributed by atoms with E-state index in [0.717, 1.165) is 18.7 Å². The number of rotatable bonds is 7. The van der Waals surface area contributed by atoms with Crippen molar-refractivity contribution in [3.63, 3.8) is 0 Å². The van der Waals surface area contributed by atoms with E-state index in [0.29, 0.717) is 11.4 Å². The van der Waals surface area contributed by atoms with Crippen LogP contribution in [0.25, 0.3) is 0 Å². The van der Waals surface area contributed by atoms with Crippen LogP contribution in [0.2, 0.25) is 0 Å². The first kappa shape index (κ1) is 18.2. The second-order valence-corrected chi connectivity index (χ2v) is 6.55. The summed E-state index contributed by atoms with van der Waals surface area (Å²) in [4.78, 5) is 24.0. The molecule has 0 bridgehead atoms. The van der Waals surface area contributed by atoms with E-state index in [2.05, 4.69) is 15.5 Å². The molecule has 0 saturated heterocycles. The molecule has 1 amide bonds. The molecule has 1 aliphatic carbocycles. The average molecular weight is 360 g/mol. The van der Waals surface area contributed by atoms with Gasteiger partial charge in [0.05, 0.1) is 0 Å². The van der Waals surface area contributed by atoms with E-state index in [9.17, 15) is 14.0 Å². The summed E-state index contributed by atoms with van der Waals surface area (Å²) in [5, 5.41) is 20.1. The van der Waals surface area contributed by atoms with Crippen molar-refractivity contribution in [1.29, 1.82) is 0 Å². The maximum Gasteiger partial charge on any atom is 0.220 e. The highest BCUT2D eigenvalue weighted by Crippen LogP contribution is 2.35. The molecule has 1 fully saturated rings. The van der Waals surface area contributed by atoms with Gasteiger partial charge >= 0.3 is 0 Å². The van der Waals surface area contributed by atoms with Crippen molar-refractivity contribution in [3.05, 3.63) is 47.3 Å². The van der Waals surface area contributed by atoms with Crippen molar-refractivity contribution < 1.29 is 19.1 Å². The first-order valence-electron chi connectivity index (χ1n) is 8.55. The van der Waals surface area contributed by atoms with Crippen LogP contribution in [0.5, 0.6) is 0 Å². The van der Waals surface area contributed by atoms with Gasteiger partial charge in [0.25, 0.3) is 0 Å². The average Bonchev–Trinajstić information content (AvgIpc) is 2.96. The molecule has 1 heterocycles. The second kappa shape index (κ2) is 7.74. The van der Waals surface area contributed by atoms with Crippen LogP contribution in [0.4, 0.5) is 4.39 Å². The molecule has 8 heteroatoms. The summed E-state index contributed by atoms with van der Waals surface area (Å²) in [6.07, 6.45) is 1.72. The van der Waals surface area contributed by atoms with Gasteiger partial charge in [-0.1, -0.05) is 0 Å². The zero-order chi connectivity index (χ0) is 18.7. The lowest BCUT2D eigenvalue weighted by atomic mass is 9.79. The van der Waals surface area contributed by atoms with Crippen LogP contribution >= 0.6 is 0 Å². The fourth-order valence-corrected chi connectivity index (χ4v) is 3.12. The summed E-state index contributed by atoms with van der Waals surface area (Å²) in [5.41, 5.74) is 0.407. The van der Waals surface area contributed by atoms with Crippen molar-refractivity contribution in [1.82, 2.24) is 20.1 Å². The highest BCUT2D eigenvalue weighted by Gasteiger charge is 2.34. The third-order valence-corrected chi connectivity index (χ3v) is 4.75. The topological polar surface area (TPSA) is 97.1 Å². The molecule has 3 rings (SSSR count). The Morgan fingerprint density at radius 3 is 2.54 bits per heavy atom. The molecule has 0 spiro atoms. The van der Waals surface area contributed by atoms with Crippen LogP contribution < -0.4 is 5.32 Å². The van der Waals surface area contributed by atoms with E-state index >= 15 is 0 Å². The Morgan fingerprint density at radius 1 is 1.23 bits per heavy atom. The molecule has 1 aromatic carbocycles. The third kappa shape index (κ3) is 3.96. The SMILES string of the molecule is Cn1c(CO)nnc1C1CC(NC(=O)CCC(=O)c2ccc(F)cc2)C1. The predicted octanol–water partition coefficient (Wildman–Crippen LogP) is 1.47.